The molecule has 0 unspecified atom stereocenters. The third-order valence-corrected chi connectivity index (χ3v) is 3.22. The molecular weight excluding hydrogens is 299 g/mol. The number of benzene rings is 2. The van der Waals surface area contributed by atoms with Gasteiger partial charge in [0.2, 0.25) is 5.91 Å². The summed E-state index contributed by atoms with van der Waals surface area (Å²) >= 11 is 0. The van der Waals surface area contributed by atoms with Gasteiger partial charge in [0, 0.05) is 23.5 Å². The molecule has 23 heavy (non-hydrogen) atoms. The second-order valence-corrected chi connectivity index (χ2v) is 4.98. The number of ether oxygens (including phenoxy) is 1. The lowest BCUT2D eigenvalue weighted by molar-refractivity contribution is -0.114. The number of halogens is 1. The molecular formula is C17H13FN2O3. The molecule has 0 saturated carbocycles. The predicted octanol–water partition coefficient (Wildman–Crippen LogP) is 3.48. The number of rotatable bonds is 3. The Labute approximate surface area is 131 Å². The minimum Gasteiger partial charge on any atom is -0.422 e. The molecule has 1 heterocycles. The van der Waals surface area contributed by atoms with Gasteiger partial charge in [0.15, 0.2) is 0 Å². The van der Waals surface area contributed by atoms with Gasteiger partial charge in [-0.25, -0.2) is 9.18 Å². The van der Waals surface area contributed by atoms with E-state index in [0.717, 1.165) is 0 Å². The van der Waals surface area contributed by atoms with E-state index in [1.54, 1.807) is 36.4 Å². The maximum atomic E-state index is 13.6. The smallest absolute Gasteiger partial charge is 0.360 e. The van der Waals surface area contributed by atoms with Crippen molar-refractivity contribution in [3.05, 3.63) is 60.0 Å². The first-order valence-electron chi connectivity index (χ1n) is 6.90. The third kappa shape index (κ3) is 3.21. The molecule has 0 aliphatic rings. The molecule has 0 radical (unpaired) electrons. The summed E-state index contributed by atoms with van der Waals surface area (Å²) in [6.45, 7) is 1.41. The van der Waals surface area contributed by atoms with E-state index >= 15 is 0 Å². The van der Waals surface area contributed by atoms with E-state index in [0.29, 0.717) is 22.3 Å². The number of H-pyrrole nitrogens is 1. The molecule has 3 aromatic rings. The number of esters is 1. The third-order valence-electron chi connectivity index (χ3n) is 3.22. The lowest BCUT2D eigenvalue weighted by Crippen LogP contribution is -2.09. The Bertz CT molecular complexity index is 884. The van der Waals surface area contributed by atoms with Gasteiger partial charge in [0.05, 0.1) is 0 Å². The second kappa shape index (κ2) is 5.92. The zero-order valence-electron chi connectivity index (χ0n) is 12.2. The Morgan fingerprint density at radius 1 is 1.13 bits per heavy atom. The standard InChI is InChI=1S/C17H13FN2O3/c1-10(21)19-11-5-7-12(8-6-11)23-17(22)16-9-13-14(18)3-2-4-15(13)20-16/h2-9,20H,1H3,(H,19,21). The van der Waals surface area contributed by atoms with Gasteiger partial charge in [-0.05, 0) is 42.5 Å². The first-order chi connectivity index (χ1) is 11.0. The summed E-state index contributed by atoms with van der Waals surface area (Å²) in [5.41, 5.74) is 1.29. The van der Waals surface area contributed by atoms with Crippen molar-refractivity contribution in [2.45, 2.75) is 6.92 Å². The number of anilines is 1. The Morgan fingerprint density at radius 2 is 1.87 bits per heavy atom. The number of aromatic amines is 1. The number of carbonyl (C=O) groups excluding carboxylic acids is 2. The number of hydrogen-bond acceptors (Lipinski definition) is 3. The molecule has 0 spiro atoms. The average Bonchev–Trinajstić information content (AvgIpc) is 2.94. The second-order valence-electron chi connectivity index (χ2n) is 4.98. The van der Waals surface area contributed by atoms with Crippen LogP contribution >= 0.6 is 0 Å². The summed E-state index contributed by atoms with van der Waals surface area (Å²) in [4.78, 5) is 25.9. The van der Waals surface area contributed by atoms with Gasteiger partial charge >= 0.3 is 5.97 Å². The highest BCUT2D eigenvalue weighted by atomic mass is 19.1. The largest absolute Gasteiger partial charge is 0.422 e. The van der Waals surface area contributed by atoms with E-state index in [2.05, 4.69) is 10.3 Å². The number of aromatic nitrogens is 1. The zero-order valence-corrected chi connectivity index (χ0v) is 12.2. The van der Waals surface area contributed by atoms with E-state index in [-0.39, 0.29) is 11.6 Å². The van der Waals surface area contributed by atoms with Crippen molar-refractivity contribution in [1.29, 1.82) is 0 Å². The van der Waals surface area contributed by atoms with Gasteiger partial charge in [-0.1, -0.05) is 6.07 Å². The summed E-state index contributed by atoms with van der Waals surface area (Å²) in [5, 5.41) is 2.95. The molecule has 0 saturated heterocycles. The fraction of sp³-hybridized carbons (Fsp3) is 0.0588. The first-order valence-corrected chi connectivity index (χ1v) is 6.90. The number of amides is 1. The fourth-order valence-corrected chi connectivity index (χ4v) is 2.20. The lowest BCUT2D eigenvalue weighted by atomic mass is 10.2. The van der Waals surface area contributed by atoms with Crippen molar-refractivity contribution in [2.24, 2.45) is 0 Å². The molecule has 0 bridgehead atoms. The van der Waals surface area contributed by atoms with Crippen LogP contribution in [-0.2, 0) is 4.79 Å². The molecule has 2 aromatic carbocycles. The Balaban J connectivity index is 1.77. The molecule has 5 nitrogen and oxygen atoms in total. The normalized spacial score (nSPS) is 10.5. The van der Waals surface area contributed by atoms with Crippen LogP contribution in [0.25, 0.3) is 10.9 Å². The van der Waals surface area contributed by atoms with E-state index in [1.165, 1.54) is 19.1 Å². The molecule has 1 aromatic heterocycles. The Hall–Kier alpha value is -3.15. The predicted molar refractivity (Wildman–Crippen MR) is 84.0 cm³/mol. The molecule has 6 heteroatoms. The number of fused-ring (bicyclic) bond motifs is 1. The minimum atomic E-state index is -0.618. The van der Waals surface area contributed by atoms with Crippen LogP contribution in [0.3, 0.4) is 0 Å². The summed E-state index contributed by atoms with van der Waals surface area (Å²) in [7, 11) is 0. The molecule has 0 atom stereocenters. The monoisotopic (exact) mass is 312 g/mol. The number of carbonyl (C=O) groups is 2. The van der Waals surface area contributed by atoms with Crippen LogP contribution in [0, 0.1) is 5.82 Å². The summed E-state index contributed by atoms with van der Waals surface area (Å²) in [5.74, 6) is -0.886. The molecule has 0 fully saturated rings. The topological polar surface area (TPSA) is 71.2 Å². The highest BCUT2D eigenvalue weighted by molar-refractivity contribution is 5.96. The van der Waals surface area contributed by atoms with E-state index in [9.17, 15) is 14.0 Å². The van der Waals surface area contributed by atoms with E-state index < -0.39 is 11.8 Å². The first kappa shape index (κ1) is 14.8. The van der Waals surface area contributed by atoms with Gasteiger partial charge in [-0.2, -0.15) is 0 Å². The van der Waals surface area contributed by atoms with Crippen molar-refractivity contribution in [2.75, 3.05) is 5.32 Å². The zero-order chi connectivity index (χ0) is 16.4. The van der Waals surface area contributed by atoms with Crippen LogP contribution in [0.1, 0.15) is 17.4 Å². The SMILES string of the molecule is CC(=O)Nc1ccc(OC(=O)c2cc3c(F)cccc3[nH]2)cc1. The molecule has 116 valence electrons. The van der Waals surface area contributed by atoms with Crippen molar-refractivity contribution in [3.63, 3.8) is 0 Å². The van der Waals surface area contributed by atoms with Crippen molar-refractivity contribution >= 4 is 28.5 Å². The van der Waals surface area contributed by atoms with Crippen molar-refractivity contribution < 1.29 is 18.7 Å². The molecule has 0 aliphatic heterocycles. The van der Waals surface area contributed by atoms with Crippen LogP contribution in [-0.4, -0.2) is 16.9 Å². The van der Waals surface area contributed by atoms with Crippen LogP contribution in [0.5, 0.6) is 5.75 Å². The molecule has 0 aliphatic carbocycles. The summed E-state index contributed by atoms with van der Waals surface area (Å²) < 4.78 is 18.9. The Morgan fingerprint density at radius 3 is 2.52 bits per heavy atom. The quantitative estimate of drug-likeness (QED) is 0.574. The van der Waals surface area contributed by atoms with Crippen LogP contribution in [0.15, 0.2) is 48.5 Å². The highest BCUT2D eigenvalue weighted by Gasteiger charge is 2.13. The maximum absolute atomic E-state index is 13.6. The van der Waals surface area contributed by atoms with Crippen LogP contribution in [0.2, 0.25) is 0 Å². The van der Waals surface area contributed by atoms with E-state index in [4.69, 9.17) is 4.74 Å². The number of nitrogens with one attached hydrogen (secondary N) is 2. The lowest BCUT2D eigenvalue weighted by Gasteiger charge is -2.05. The highest BCUT2D eigenvalue weighted by Crippen LogP contribution is 2.21. The van der Waals surface area contributed by atoms with Crippen LogP contribution < -0.4 is 10.1 Å². The van der Waals surface area contributed by atoms with Gasteiger partial charge in [-0.15, -0.1) is 0 Å². The minimum absolute atomic E-state index is 0.163. The van der Waals surface area contributed by atoms with Gasteiger partial charge in [0.1, 0.15) is 17.3 Å². The van der Waals surface area contributed by atoms with Crippen LogP contribution in [0.4, 0.5) is 10.1 Å². The van der Waals surface area contributed by atoms with Crippen molar-refractivity contribution in [3.8, 4) is 5.75 Å². The van der Waals surface area contributed by atoms with Gasteiger partial charge < -0.3 is 15.0 Å². The summed E-state index contributed by atoms with van der Waals surface area (Å²) in [6.07, 6.45) is 0. The summed E-state index contributed by atoms with van der Waals surface area (Å²) in [6, 6.07) is 12.3. The van der Waals surface area contributed by atoms with Crippen molar-refractivity contribution in [1.82, 2.24) is 4.98 Å². The average molecular weight is 312 g/mol. The van der Waals surface area contributed by atoms with Gasteiger partial charge in [0.25, 0.3) is 0 Å². The fourth-order valence-electron chi connectivity index (χ4n) is 2.20. The Kier molecular flexibility index (Phi) is 3.80. The molecule has 3 rings (SSSR count). The number of hydrogen-bond donors (Lipinski definition) is 2. The molecule has 1 amide bonds. The van der Waals surface area contributed by atoms with Gasteiger partial charge in [-0.3, -0.25) is 4.79 Å². The van der Waals surface area contributed by atoms with E-state index in [1.807, 2.05) is 0 Å². The maximum Gasteiger partial charge on any atom is 0.360 e. The molecule has 2 N–H and O–H groups in total.